The van der Waals surface area contributed by atoms with E-state index < -0.39 is 0 Å². The normalized spacial score (nSPS) is 14.6. The summed E-state index contributed by atoms with van der Waals surface area (Å²) in [6.07, 6.45) is 24.2. The highest BCUT2D eigenvalue weighted by Gasteiger charge is 2.27. The van der Waals surface area contributed by atoms with Crippen molar-refractivity contribution in [3.63, 3.8) is 0 Å². The van der Waals surface area contributed by atoms with Crippen LogP contribution in [0.15, 0.2) is 0 Å². The Balaban J connectivity index is 0.00000233. The zero-order valence-electron chi connectivity index (χ0n) is 33.6. The van der Waals surface area contributed by atoms with Gasteiger partial charge in [0, 0.05) is 39.3 Å². The van der Waals surface area contributed by atoms with Crippen LogP contribution in [-0.2, 0) is 23.7 Å². The van der Waals surface area contributed by atoms with Crippen LogP contribution in [0.1, 0.15) is 182 Å². The maximum absolute atomic E-state index is 12.7. The van der Waals surface area contributed by atoms with Gasteiger partial charge >= 0.3 is 12.1 Å². The van der Waals surface area contributed by atoms with Gasteiger partial charge in [-0.15, -0.1) is 0 Å². The fraction of sp³-hybridized carbons (Fsp3) is 0.951. The van der Waals surface area contributed by atoms with Gasteiger partial charge in [-0.1, -0.05) is 131 Å². The third-order valence-electron chi connectivity index (χ3n) is 9.37. The van der Waals surface area contributed by atoms with Crippen LogP contribution in [0.3, 0.4) is 0 Å². The van der Waals surface area contributed by atoms with E-state index in [0.717, 1.165) is 58.2 Å². The first-order chi connectivity index (χ1) is 24.4. The summed E-state index contributed by atoms with van der Waals surface area (Å²) >= 11 is 0. The number of aliphatic hydroxyl groups is 1. The number of esters is 1. The number of aliphatic hydroxyl groups excluding tert-OH is 1. The number of carbonyl (C=O) groups is 2. The molecule has 298 valence electrons. The van der Waals surface area contributed by atoms with E-state index in [2.05, 4.69) is 39.5 Å². The maximum Gasteiger partial charge on any atom is 0.409 e. The quantitative estimate of drug-likeness (QED) is 0.0418. The topological polar surface area (TPSA) is 97.8 Å². The highest BCUT2D eigenvalue weighted by molar-refractivity contribution is 5.70. The van der Waals surface area contributed by atoms with E-state index in [9.17, 15) is 9.59 Å². The van der Waals surface area contributed by atoms with Crippen molar-refractivity contribution < 1.29 is 33.6 Å². The summed E-state index contributed by atoms with van der Waals surface area (Å²) in [5.74, 6) is -0.249. The molecule has 9 heteroatoms. The van der Waals surface area contributed by atoms with Gasteiger partial charge in [0.25, 0.3) is 0 Å². The second-order valence-corrected chi connectivity index (χ2v) is 13.9. The van der Waals surface area contributed by atoms with Gasteiger partial charge in [0.05, 0.1) is 19.6 Å². The Hall–Kier alpha value is -1.42. The third-order valence-corrected chi connectivity index (χ3v) is 9.37. The molecule has 0 unspecified atom stereocenters. The van der Waals surface area contributed by atoms with Crippen LogP contribution in [0.5, 0.6) is 0 Å². The summed E-state index contributed by atoms with van der Waals surface area (Å²) in [5, 5.41) is 8.42. The van der Waals surface area contributed by atoms with Crippen molar-refractivity contribution in [3.8, 4) is 0 Å². The molecule has 0 spiro atoms. The molecule has 1 rings (SSSR count). The first-order valence-electron chi connectivity index (χ1n) is 21.1. The minimum atomic E-state index is -0.372. The molecule has 1 aliphatic rings. The van der Waals surface area contributed by atoms with Gasteiger partial charge < -0.3 is 33.9 Å². The van der Waals surface area contributed by atoms with E-state index in [4.69, 9.17) is 24.1 Å². The molecule has 1 amide bonds. The highest BCUT2D eigenvalue weighted by Crippen LogP contribution is 2.17. The van der Waals surface area contributed by atoms with Crippen molar-refractivity contribution in [2.75, 3.05) is 59.2 Å². The Bertz CT molecular complexity index is 714. The Morgan fingerprint density at radius 2 is 1.22 bits per heavy atom. The molecule has 1 aliphatic heterocycles. The number of rotatable bonds is 32. The van der Waals surface area contributed by atoms with Crippen LogP contribution in [0, 0.1) is 0 Å². The Morgan fingerprint density at radius 1 is 0.700 bits per heavy atom. The average molecular weight is 715 g/mol. The van der Waals surface area contributed by atoms with E-state index in [1.807, 2.05) is 0 Å². The molecule has 1 fully saturated rings. The standard InChI is InChI=1S/C33H64N2O6.C8H18O/c1-5-9-11-13-15-17-26-38-32(39-27-18-16-14-12-10-6-2)23-22-31(36)41-30-21-19-25-35(29-30)33(37)40-28-20-24-34(7-3)8-4;1-2-3-4-5-6-7-8-9/h30,32H,5-29H2,1-4H3;9H,2-8H2,1H3/t30-;/m0./s1. The summed E-state index contributed by atoms with van der Waals surface area (Å²) in [5.41, 5.74) is 0. The van der Waals surface area contributed by atoms with Crippen molar-refractivity contribution in [2.24, 2.45) is 0 Å². The number of piperidine rings is 1. The summed E-state index contributed by atoms with van der Waals surface area (Å²) in [6, 6.07) is 0. The smallest absolute Gasteiger partial charge is 0.409 e. The number of hydrogen-bond donors (Lipinski definition) is 1. The Morgan fingerprint density at radius 3 is 1.74 bits per heavy atom. The zero-order valence-corrected chi connectivity index (χ0v) is 33.6. The minimum Gasteiger partial charge on any atom is -0.460 e. The summed E-state index contributed by atoms with van der Waals surface area (Å²) < 4.78 is 23.4. The molecular formula is C41H82N2O7. The first-order valence-corrected chi connectivity index (χ1v) is 21.1. The molecule has 0 aromatic heterocycles. The Labute approximate surface area is 308 Å². The van der Waals surface area contributed by atoms with Crippen LogP contribution in [0.25, 0.3) is 0 Å². The van der Waals surface area contributed by atoms with Gasteiger partial charge in [0.15, 0.2) is 6.29 Å². The van der Waals surface area contributed by atoms with Gasteiger partial charge in [0.1, 0.15) is 6.10 Å². The molecule has 0 bridgehead atoms. The van der Waals surface area contributed by atoms with Crippen molar-refractivity contribution in [1.82, 2.24) is 9.80 Å². The van der Waals surface area contributed by atoms with Gasteiger partial charge in [-0.25, -0.2) is 4.79 Å². The van der Waals surface area contributed by atoms with E-state index in [-0.39, 0.29) is 30.9 Å². The lowest BCUT2D eigenvalue weighted by Crippen LogP contribution is -2.44. The predicted octanol–water partition coefficient (Wildman–Crippen LogP) is 10.1. The van der Waals surface area contributed by atoms with Crippen molar-refractivity contribution in [3.05, 3.63) is 0 Å². The first kappa shape index (κ1) is 48.6. The molecule has 50 heavy (non-hydrogen) atoms. The van der Waals surface area contributed by atoms with Crippen molar-refractivity contribution in [2.45, 2.75) is 195 Å². The predicted molar refractivity (Wildman–Crippen MR) is 207 cm³/mol. The molecule has 1 saturated heterocycles. The number of ether oxygens (including phenoxy) is 4. The summed E-state index contributed by atoms with van der Waals surface area (Å²) in [4.78, 5) is 29.2. The number of unbranched alkanes of at least 4 members (excludes halogenated alkanes) is 15. The second kappa shape index (κ2) is 37.3. The molecular weight excluding hydrogens is 632 g/mol. The molecule has 1 heterocycles. The lowest BCUT2D eigenvalue weighted by molar-refractivity contribution is -0.163. The molecule has 1 N–H and O–H groups in total. The van der Waals surface area contributed by atoms with Crippen molar-refractivity contribution in [1.29, 1.82) is 0 Å². The number of carbonyl (C=O) groups excluding carboxylic acids is 2. The van der Waals surface area contributed by atoms with E-state index in [0.29, 0.717) is 45.9 Å². The fourth-order valence-corrected chi connectivity index (χ4v) is 6.06. The lowest BCUT2D eigenvalue weighted by atomic mass is 10.1. The molecule has 0 radical (unpaired) electrons. The number of likely N-dealkylation sites (tertiary alicyclic amines) is 1. The van der Waals surface area contributed by atoms with E-state index in [1.165, 1.54) is 96.3 Å². The van der Waals surface area contributed by atoms with E-state index >= 15 is 0 Å². The summed E-state index contributed by atoms with van der Waals surface area (Å²) in [7, 11) is 0. The lowest BCUT2D eigenvalue weighted by Gasteiger charge is -2.31. The molecule has 9 nitrogen and oxygen atoms in total. The van der Waals surface area contributed by atoms with Crippen LogP contribution >= 0.6 is 0 Å². The van der Waals surface area contributed by atoms with Crippen LogP contribution in [0.2, 0.25) is 0 Å². The molecule has 0 aromatic carbocycles. The van der Waals surface area contributed by atoms with E-state index in [1.54, 1.807) is 4.90 Å². The SMILES string of the molecule is CCCCCCCCO.CCCCCCCCOC(CCC(=O)O[C@H]1CCCN(C(=O)OCCCN(CC)CC)C1)OCCCCCCCC. The molecule has 0 saturated carbocycles. The maximum atomic E-state index is 12.7. The van der Waals surface area contributed by atoms with Crippen molar-refractivity contribution >= 4 is 12.1 Å². The van der Waals surface area contributed by atoms with Gasteiger partial charge in [-0.05, 0) is 51.6 Å². The minimum absolute atomic E-state index is 0.249. The highest BCUT2D eigenvalue weighted by atomic mass is 16.7. The van der Waals surface area contributed by atoms with Crippen LogP contribution < -0.4 is 0 Å². The summed E-state index contributed by atoms with van der Waals surface area (Å²) in [6.45, 7) is 17.0. The molecule has 0 aliphatic carbocycles. The number of hydrogen-bond acceptors (Lipinski definition) is 8. The third kappa shape index (κ3) is 30.2. The zero-order chi connectivity index (χ0) is 36.9. The largest absolute Gasteiger partial charge is 0.460 e. The fourth-order valence-electron chi connectivity index (χ4n) is 6.06. The monoisotopic (exact) mass is 715 g/mol. The van der Waals surface area contributed by atoms with Gasteiger partial charge in [0.2, 0.25) is 0 Å². The number of amides is 1. The van der Waals surface area contributed by atoms with Gasteiger partial charge in [-0.3, -0.25) is 4.79 Å². The van der Waals surface area contributed by atoms with Crippen LogP contribution in [0.4, 0.5) is 4.79 Å². The average Bonchev–Trinajstić information content (AvgIpc) is 3.13. The Kier molecular flexibility index (Phi) is 36.3. The van der Waals surface area contributed by atoms with Crippen LogP contribution in [-0.4, -0.2) is 98.5 Å². The molecule has 0 aromatic rings. The number of nitrogens with zero attached hydrogens (tertiary/aromatic N) is 2. The van der Waals surface area contributed by atoms with Gasteiger partial charge in [-0.2, -0.15) is 0 Å². The second-order valence-electron chi connectivity index (χ2n) is 13.9. The molecule has 1 atom stereocenters.